The number of benzene rings is 2. The van der Waals surface area contributed by atoms with E-state index in [1.807, 2.05) is 42.7 Å². The van der Waals surface area contributed by atoms with Gasteiger partial charge in [-0.2, -0.15) is 0 Å². The van der Waals surface area contributed by atoms with E-state index in [1.165, 1.54) is 11.8 Å². The lowest BCUT2D eigenvalue weighted by Crippen LogP contribution is -2.28. The number of anilines is 1. The fourth-order valence-electron chi connectivity index (χ4n) is 3.08. The smallest absolute Gasteiger partial charge is 0.251 e. The first-order valence-corrected chi connectivity index (χ1v) is 11.4. The summed E-state index contributed by atoms with van der Waals surface area (Å²) >= 11 is 1.28. The standard InChI is InChI=1S/C24H27N5O3S/c1-5-14-29-22(17(3)25-23(31)18-8-12-20(32-4)13-9-18)27-28-24(29)33-15-21(30)26-19-10-6-16(2)7-11-19/h5-13,17H,1,14-15H2,2-4H3,(H,25,31)(H,26,30). The molecule has 172 valence electrons. The molecule has 2 N–H and O–H groups in total. The van der Waals surface area contributed by atoms with Crippen molar-refractivity contribution in [3.63, 3.8) is 0 Å². The summed E-state index contributed by atoms with van der Waals surface area (Å²) in [6.45, 7) is 8.08. The Balaban J connectivity index is 1.64. The van der Waals surface area contributed by atoms with E-state index in [0.717, 1.165) is 11.3 Å². The molecule has 3 aromatic rings. The zero-order chi connectivity index (χ0) is 23.8. The van der Waals surface area contributed by atoms with Crippen LogP contribution in [0, 0.1) is 6.92 Å². The molecule has 1 heterocycles. The predicted octanol–water partition coefficient (Wildman–Crippen LogP) is 4.00. The first kappa shape index (κ1) is 24.1. The molecule has 33 heavy (non-hydrogen) atoms. The van der Waals surface area contributed by atoms with Crippen LogP contribution in [0.3, 0.4) is 0 Å². The summed E-state index contributed by atoms with van der Waals surface area (Å²) in [4.78, 5) is 25.0. The molecule has 1 unspecified atom stereocenters. The van der Waals surface area contributed by atoms with Crippen molar-refractivity contribution in [2.45, 2.75) is 31.6 Å². The van der Waals surface area contributed by atoms with Crippen LogP contribution in [-0.4, -0.2) is 39.4 Å². The average molecular weight is 466 g/mol. The fraction of sp³-hybridized carbons (Fsp3) is 0.250. The van der Waals surface area contributed by atoms with Crippen LogP contribution in [0.25, 0.3) is 0 Å². The maximum Gasteiger partial charge on any atom is 0.251 e. The number of nitrogens with zero attached hydrogens (tertiary/aromatic N) is 3. The van der Waals surface area contributed by atoms with Crippen molar-refractivity contribution in [3.8, 4) is 5.75 Å². The maximum absolute atomic E-state index is 12.6. The van der Waals surface area contributed by atoms with Gasteiger partial charge in [-0.3, -0.25) is 9.59 Å². The number of amides is 2. The lowest BCUT2D eigenvalue weighted by atomic mass is 10.2. The lowest BCUT2D eigenvalue weighted by Gasteiger charge is -2.15. The number of ether oxygens (including phenoxy) is 1. The molecular weight excluding hydrogens is 438 g/mol. The Hall–Kier alpha value is -3.59. The van der Waals surface area contributed by atoms with Crippen LogP contribution in [0.4, 0.5) is 5.69 Å². The number of aryl methyl sites for hydroxylation is 1. The third-order valence-corrected chi connectivity index (χ3v) is 5.78. The van der Waals surface area contributed by atoms with Crippen molar-refractivity contribution >= 4 is 29.3 Å². The molecule has 0 radical (unpaired) electrons. The fourth-order valence-corrected chi connectivity index (χ4v) is 3.83. The highest BCUT2D eigenvalue weighted by Crippen LogP contribution is 2.22. The van der Waals surface area contributed by atoms with E-state index in [9.17, 15) is 9.59 Å². The molecule has 1 aromatic heterocycles. The van der Waals surface area contributed by atoms with Crippen LogP contribution in [0.5, 0.6) is 5.75 Å². The molecule has 3 rings (SSSR count). The Kier molecular flexibility index (Phi) is 8.26. The number of allylic oxidation sites excluding steroid dienone is 1. The Morgan fingerprint density at radius 2 is 1.85 bits per heavy atom. The molecule has 2 amide bonds. The SMILES string of the molecule is C=CCn1c(SCC(=O)Nc2ccc(C)cc2)nnc1C(C)NC(=O)c1ccc(OC)cc1. The van der Waals surface area contributed by atoms with Crippen molar-refractivity contribution in [2.24, 2.45) is 0 Å². The van der Waals surface area contributed by atoms with Crippen LogP contribution in [0.15, 0.2) is 66.3 Å². The number of carbonyl (C=O) groups is 2. The highest BCUT2D eigenvalue weighted by atomic mass is 32.2. The van der Waals surface area contributed by atoms with Gasteiger partial charge in [0, 0.05) is 17.8 Å². The number of hydrogen-bond acceptors (Lipinski definition) is 6. The van der Waals surface area contributed by atoms with Crippen LogP contribution < -0.4 is 15.4 Å². The molecule has 0 bridgehead atoms. The number of thioether (sulfide) groups is 1. The Morgan fingerprint density at radius 1 is 1.15 bits per heavy atom. The minimum absolute atomic E-state index is 0.139. The highest BCUT2D eigenvalue weighted by molar-refractivity contribution is 7.99. The number of rotatable bonds is 10. The molecule has 0 aliphatic heterocycles. The first-order chi connectivity index (χ1) is 15.9. The van der Waals surface area contributed by atoms with Gasteiger partial charge in [0.25, 0.3) is 5.91 Å². The van der Waals surface area contributed by atoms with E-state index in [0.29, 0.717) is 28.8 Å². The van der Waals surface area contributed by atoms with Crippen molar-refractivity contribution in [3.05, 3.63) is 78.1 Å². The molecule has 0 fully saturated rings. The van der Waals surface area contributed by atoms with Crippen LogP contribution >= 0.6 is 11.8 Å². The van der Waals surface area contributed by atoms with Gasteiger partial charge >= 0.3 is 0 Å². The van der Waals surface area contributed by atoms with Crippen molar-refractivity contribution in [1.82, 2.24) is 20.1 Å². The maximum atomic E-state index is 12.6. The van der Waals surface area contributed by atoms with Crippen LogP contribution in [0.1, 0.15) is 34.7 Å². The van der Waals surface area contributed by atoms with E-state index in [-0.39, 0.29) is 17.6 Å². The van der Waals surface area contributed by atoms with Gasteiger partial charge in [-0.05, 0) is 50.2 Å². The summed E-state index contributed by atoms with van der Waals surface area (Å²) in [5.41, 5.74) is 2.38. The third kappa shape index (κ3) is 6.45. The second-order valence-electron chi connectivity index (χ2n) is 7.37. The Bertz CT molecular complexity index is 1110. The van der Waals surface area contributed by atoms with Gasteiger partial charge in [0.1, 0.15) is 5.75 Å². The van der Waals surface area contributed by atoms with Gasteiger partial charge in [-0.25, -0.2) is 0 Å². The van der Waals surface area contributed by atoms with Gasteiger partial charge in [0.15, 0.2) is 11.0 Å². The Morgan fingerprint density at radius 3 is 2.48 bits per heavy atom. The Labute approximate surface area is 197 Å². The van der Waals surface area contributed by atoms with E-state index in [1.54, 1.807) is 37.5 Å². The van der Waals surface area contributed by atoms with Crippen molar-refractivity contribution in [1.29, 1.82) is 0 Å². The number of nitrogens with one attached hydrogen (secondary N) is 2. The summed E-state index contributed by atoms with van der Waals surface area (Å²) in [5, 5.41) is 14.9. The average Bonchev–Trinajstić information content (AvgIpc) is 3.22. The van der Waals surface area contributed by atoms with E-state index in [4.69, 9.17) is 4.74 Å². The third-order valence-electron chi connectivity index (χ3n) is 4.81. The van der Waals surface area contributed by atoms with Crippen LogP contribution in [-0.2, 0) is 11.3 Å². The summed E-state index contributed by atoms with van der Waals surface area (Å²) in [6.07, 6.45) is 1.72. The molecule has 8 nitrogen and oxygen atoms in total. The minimum Gasteiger partial charge on any atom is -0.497 e. The molecule has 9 heteroatoms. The molecule has 0 saturated heterocycles. The topological polar surface area (TPSA) is 98.1 Å². The number of carbonyl (C=O) groups excluding carboxylic acids is 2. The second kappa shape index (κ2) is 11.3. The van der Waals surface area contributed by atoms with Gasteiger partial charge in [0.05, 0.1) is 18.9 Å². The molecule has 0 aliphatic carbocycles. The van der Waals surface area contributed by atoms with Crippen molar-refractivity contribution < 1.29 is 14.3 Å². The van der Waals surface area contributed by atoms with Crippen molar-refractivity contribution in [2.75, 3.05) is 18.2 Å². The lowest BCUT2D eigenvalue weighted by molar-refractivity contribution is -0.113. The summed E-state index contributed by atoms with van der Waals surface area (Å²) in [7, 11) is 1.57. The predicted molar refractivity (Wildman–Crippen MR) is 130 cm³/mol. The monoisotopic (exact) mass is 465 g/mol. The van der Waals surface area contributed by atoms with Gasteiger partial charge in [0.2, 0.25) is 5.91 Å². The zero-order valence-electron chi connectivity index (χ0n) is 18.9. The molecule has 0 saturated carbocycles. The largest absolute Gasteiger partial charge is 0.497 e. The van der Waals surface area contributed by atoms with Gasteiger partial charge in [-0.1, -0.05) is 35.5 Å². The van der Waals surface area contributed by atoms with E-state index in [2.05, 4.69) is 27.4 Å². The number of methoxy groups -OCH3 is 1. The normalized spacial score (nSPS) is 11.5. The minimum atomic E-state index is -0.400. The van der Waals surface area contributed by atoms with Gasteiger partial charge < -0.3 is 19.9 Å². The quantitative estimate of drug-likeness (QED) is 0.347. The molecule has 1 atom stereocenters. The highest BCUT2D eigenvalue weighted by Gasteiger charge is 2.20. The summed E-state index contributed by atoms with van der Waals surface area (Å²) < 4.78 is 6.97. The van der Waals surface area contributed by atoms with E-state index < -0.39 is 6.04 Å². The molecule has 0 aliphatic rings. The second-order valence-corrected chi connectivity index (χ2v) is 8.31. The molecule has 2 aromatic carbocycles. The first-order valence-electron chi connectivity index (χ1n) is 10.4. The summed E-state index contributed by atoms with van der Waals surface area (Å²) in [6, 6.07) is 14.1. The summed E-state index contributed by atoms with van der Waals surface area (Å²) in [5.74, 6) is 1.07. The van der Waals surface area contributed by atoms with Crippen LogP contribution in [0.2, 0.25) is 0 Å². The molecule has 0 spiro atoms. The molecular formula is C24H27N5O3S. The van der Waals surface area contributed by atoms with Gasteiger partial charge in [-0.15, -0.1) is 16.8 Å². The number of aromatic nitrogens is 3. The van der Waals surface area contributed by atoms with E-state index >= 15 is 0 Å². The number of hydrogen-bond donors (Lipinski definition) is 2. The zero-order valence-corrected chi connectivity index (χ0v) is 19.7.